The van der Waals surface area contributed by atoms with Crippen molar-refractivity contribution in [2.75, 3.05) is 23.3 Å². The third kappa shape index (κ3) is 3.68. The maximum atomic E-state index is 13.7. The molecule has 1 aromatic carbocycles. The van der Waals surface area contributed by atoms with Crippen molar-refractivity contribution < 1.29 is 9.18 Å². The van der Waals surface area contributed by atoms with Gasteiger partial charge in [-0.15, -0.1) is 0 Å². The van der Waals surface area contributed by atoms with Crippen LogP contribution in [0.3, 0.4) is 0 Å². The molecule has 1 aliphatic rings. The number of benzene rings is 1. The first kappa shape index (κ1) is 16.1. The van der Waals surface area contributed by atoms with Crippen LogP contribution in [0, 0.1) is 5.82 Å². The molecule has 21 heavy (non-hydrogen) atoms. The lowest BCUT2D eigenvalue weighted by molar-refractivity contribution is -0.121. The van der Waals surface area contributed by atoms with E-state index in [4.69, 9.17) is 5.73 Å². The summed E-state index contributed by atoms with van der Waals surface area (Å²) in [5.74, 6) is 0.335. The molecule has 2 rings (SSSR count). The first-order valence-corrected chi connectivity index (χ1v) is 8.18. The van der Waals surface area contributed by atoms with Crippen molar-refractivity contribution in [3.05, 3.63) is 24.0 Å². The predicted molar refractivity (Wildman–Crippen MR) is 87.0 cm³/mol. The number of hydrogen-bond donors (Lipinski definition) is 2. The minimum atomic E-state index is -0.472. The Morgan fingerprint density at radius 3 is 2.95 bits per heavy atom. The zero-order valence-corrected chi connectivity index (χ0v) is 13.4. The lowest BCUT2D eigenvalue weighted by Gasteiger charge is -2.40. The predicted octanol–water partition coefficient (Wildman–Crippen LogP) is 2.56. The Hall–Kier alpha value is -1.27. The number of rotatable bonds is 3. The standard InChI is InChI=1S/C15H22FN3OS/c1-9-11(3)21-7-6-19(9)10(2)15(20)18-14-8-12(17)4-5-13(14)16/h4-5,8-11H,6-7,17H2,1-3H3,(H,18,20). The van der Waals surface area contributed by atoms with Crippen molar-refractivity contribution in [2.45, 2.75) is 38.1 Å². The molecule has 116 valence electrons. The van der Waals surface area contributed by atoms with E-state index >= 15 is 0 Å². The third-order valence-electron chi connectivity index (χ3n) is 4.06. The second-order valence-electron chi connectivity index (χ2n) is 5.46. The van der Waals surface area contributed by atoms with Gasteiger partial charge in [0.05, 0.1) is 11.7 Å². The number of nitrogens with two attached hydrogens (primary N) is 1. The third-order valence-corrected chi connectivity index (χ3v) is 5.40. The molecule has 4 nitrogen and oxygen atoms in total. The summed E-state index contributed by atoms with van der Waals surface area (Å²) in [5, 5.41) is 3.13. The Labute approximate surface area is 129 Å². The Morgan fingerprint density at radius 1 is 1.52 bits per heavy atom. The maximum Gasteiger partial charge on any atom is 0.241 e. The van der Waals surface area contributed by atoms with Crippen LogP contribution in [0.1, 0.15) is 20.8 Å². The molecule has 0 saturated carbocycles. The molecule has 1 fully saturated rings. The van der Waals surface area contributed by atoms with Gasteiger partial charge in [0.15, 0.2) is 0 Å². The van der Waals surface area contributed by atoms with Gasteiger partial charge in [0, 0.05) is 29.3 Å². The molecule has 3 atom stereocenters. The molecule has 1 amide bonds. The van der Waals surface area contributed by atoms with E-state index in [2.05, 4.69) is 24.1 Å². The second-order valence-corrected chi connectivity index (χ2v) is 6.94. The largest absolute Gasteiger partial charge is 0.399 e. The zero-order chi connectivity index (χ0) is 15.6. The van der Waals surface area contributed by atoms with E-state index in [0.29, 0.717) is 17.0 Å². The van der Waals surface area contributed by atoms with E-state index in [9.17, 15) is 9.18 Å². The number of nitrogens with one attached hydrogen (secondary N) is 1. The van der Waals surface area contributed by atoms with Crippen LogP contribution >= 0.6 is 11.8 Å². The fourth-order valence-electron chi connectivity index (χ4n) is 2.53. The summed E-state index contributed by atoms with van der Waals surface area (Å²) in [7, 11) is 0. The first-order chi connectivity index (χ1) is 9.90. The van der Waals surface area contributed by atoms with E-state index in [1.165, 1.54) is 18.2 Å². The van der Waals surface area contributed by atoms with Gasteiger partial charge in [-0.1, -0.05) is 6.92 Å². The Kier molecular flexibility index (Phi) is 5.11. The summed E-state index contributed by atoms with van der Waals surface area (Å²) in [6.45, 7) is 7.02. The zero-order valence-electron chi connectivity index (χ0n) is 12.6. The van der Waals surface area contributed by atoms with Gasteiger partial charge in [0.1, 0.15) is 5.82 Å². The molecular weight excluding hydrogens is 289 g/mol. The molecule has 1 heterocycles. The van der Waals surface area contributed by atoms with Crippen LogP contribution in [0.15, 0.2) is 18.2 Å². The number of anilines is 2. The van der Waals surface area contributed by atoms with Gasteiger partial charge in [-0.25, -0.2) is 4.39 Å². The average Bonchev–Trinajstić information content (AvgIpc) is 2.45. The van der Waals surface area contributed by atoms with Crippen LogP contribution < -0.4 is 11.1 Å². The van der Waals surface area contributed by atoms with Crippen molar-refractivity contribution >= 4 is 29.0 Å². The molecule has 0 spiro atoms. The van der Waals surface area contributed by atoms with Gasteiger partial charge in [0.25, 0.3) is 0 Å². The highest BCUT2D eigenvalue weighted by atomic mass is 32.2. The number of carbonyl (C=O) groups is 1. The molecule has 1 aliphatic heterocycles. The smallest absolute Gasteiger partial charge is 0.241 e. The molecule has 1 aromatic rings. The number of amides is 1. The van der Waals surface area contributed by atoms with E-state index in [0.717, 1.165) is 12.3 Å². The van der Waals surface area contributed by atoms with Crippen molar-refractivity contribution in [1.82, 2.24) is 4.90 Å². The van der Waals surface area contributed by atoms with Crippen LogP contribution in [0.5, 0.6) is 0 Å². The highest BCUT2D eigenvalue weighted by Crippen LogP contribution is 2.26. The topological polar surface area (TPSA) is 58.4 Å². The molecule has 6 heteroatoms. The first-order valence-electron chi connectivity index (χ1n) is 7.13. The highest BCUT2D eigenvalue weighted by molar-refractivity contribution is 8.00. The normalized spacial score (nSPS) is 24.6. The van der Waals surface area contributed by atoms with E-state index < -0.39 is 5.82 Å². The molecule has 0 aliphatic carbocycles. The summed E-state index contributed by atoms with van der Waals surface area (Å²) in [6, 6.07) is 4.19. The molecular formula is C15H22FN3OS. The Balaban J connectivity index is 2.07. The summed E-state index contributed by atoms with van der Waals surface area (Å²) in [5.41, 5.74) is 6.20. The lowest BCUT2D eigenvalue weighted by Crippen LogP contribution is -2.53. The minimum Gasteiger partial charge on any atom is -0.399 e. The SMILES string of the molecule is CC1SCCN(C(C)C(=O)Nc2cc(N)ccc2F)C1C. The molecule has 0 radical (unpaired) electrons. The van der Waals surface area contributed by atoms with E-state index in [1.807, 2.05) is 18.7 Å². The monoisotopic (exact) mass is 311 g/mol. The van der Waals surface area contributed by atoms with E-state index in [1.54, 1.807) is 0 Å². The van der Waals surface area contributed by atoms with Crippen LogP contribution in [0.4, 0.5) is 15.8 Å². The van der Waals surface area contributed by atoms with E-state index in [-0.39, 0.29) is 17.6 Å². The van der Waals surface area contributed by atoms with Crippen molar-refractivity contribution in [1.29, 1.82) is 0 Å². The number of hydrogen-bond acceptors (Lipinski definition) is 4. The number of nitrogen functional groups attached to an aromatic ring is 1. The number of halogens is 1. The molecule has 3 N–H and O–H groups in total. The summed E-state index contributed by atoms with van der Waals surface area (Å²) < 4.78 is 13.7. The number of nitrogens with zero attached hydrogens (tertiary/aromatic N) is 1. The number of thioether (sulfide) groups is 1. The molecule has 0 aromatic heterocycles. The Bertz CT molecular complexity index is 526. The van der Waals surface area contributed by atoms with Gasteiger partial charge < -0.3 is 11.1 Å². The summed E-state index contributed by atoms with van der Waals surface area (Å²) in [4.78, 5) is 14.5. The fraction of sp³-hybridized carbons (Fsp3) is 0.533. The molecule has 0 bridgehead atoms. The van der Waals surface area contributed by atoms with Crippen LogP contribution in [-0.4, -0.2) is 40.4 Å². The van der Waals surface area contributed by atoms with Crippen molar-refractivity contribution in [3.63, 3.8) is 0 Å². The molecule has 3 unspecified atom stereocenters. The minimum absolute atomic E-state index is 0.138. The van der Waals surface area contributed by atoms with Crippen LogP contribution in [-0.2, 0) is 4.79 Å². The van der Waals surface area contributed by atoms with Gasteiger partial charge in [0.2, 0.25) is 5.91 Å². The lowest BCUT2D eigenvalue weighted by atomic mass is 10.1. The van der Waals surface area contributed by atoms with Gasteiger partial charge >= 0.3 is 0 Å². The molecule has 1 saturated heterocycles. The van der Waals surface area contributed by atoms with Crippen LogP contribution in [0.25, 0.3) is 0 Å². The quantitative estimate of drug-likeness (QED) is 0.842. The number of carbonyl (C=O) groups excluding carboxylic acids is 1. The maximum absolute atomic E-state index is 13.7. The second kappa shape index (κ2) is 6.66. The summed E-state index contributed by atoms with van der Waals surface area (Å²) in [6.07, 6.45) is 0. The summed E-state index contributed by atoms with van der Waals surface area (Å²) >= 11 is 1.92. The van der Waals surface area contributed by atoms with Gasteiger partial charge in [-0.2, -0.15) is 11.8 Å². The average molecular weight is 311 g/mol. The fourth-order valence-corrected chi connectivity index (χ4v) is 3.65. The highest BCUT2D eigenvalue weighted by Gasteiger charge is 2.32. The van der Waals surface area contributed by atoms with Gasteiger partial charge in [-0.05, 0) is 32.0 Å². The van der Waals surface area contributed by atoms with Crippen LogP contribution in [0.2, 0.25) is 0 Å². The Morgan fingerprint density at radius 2 is 2.24 bits per heavy atom. The van der Waals surface area contributed by atoms with Gasteiger partial charge in [-0.3, -0.25) is 9.69 Å². The van der Waals surface area contributed by atoms with Crippen molar-refractivity contribution in [2.24, 2.45) is 0 Å². The van der Waals surface area contributed by atoms with Crippen molar-refractivity contribution in [3.8, 4) is 0 Å².